The number of carbonyl (C=O) groups is 2. The minimum absolute atomic E-state index is 0.0233. The fourth-order valence-electron chi connectivity index (χ4n) is 3.10. The minimum Gasteiger partial charge on any atom is -0.481 e. The van der Waals surface area contributed by atoms with Crippen molar-refractivity contribution in [2.75, 3.05) is 32.8 Å². The fraction of sp³-hybridized carbons (Fsp3) is 0.857. The monoisotopic (exact) mass is 348 g/mol. The van der Waals surface area contributed by atoms with Gasteiger partial charge in [0, 0.05) is 26.2 Å². The first-order valence-corrected chi connectivity index (χ1v) is 9.40. The van der Waals surface area contributed by atoms with Crippen molar-refractivity contribution < 1.29 is 27.9 Å². The predicted octanol–water partition coefficient (Wildman–Crippen LogP) is 0.303. The Morgan fingerprint density at radius 2 is 1.74 bits per heavy atom. The van der Waals surface area contributed by atoms with E-state index in [-0.39, 0.29) is 31.5 Å². The van der Waals surface area contributed by atoms with Gasteiger partial charge in [0.2, 0.25) is 0 Å². The summed E-state index contributed by atoms with van der Waals surface area (Å²) in [5.41, 5.74) is 0. The summed E-state index contributed by atoms with van der Waals surface area (Å²) in [7, 11) is -3.66. The number of hydrogen-bond acceptors (Lipinski definition) is 5. The number of carboxylic acids is 1. The van der Waals surface area contributed by atoms with E-state index in [9.17, 15) is 18.0 Å². The van der Waals surface area contributed by atoms with Gasteiger partial charge in [-0.2, -0.15) is 17.0 Å². The van der Waals surface area contributed by atoms with Gasteiger partial charge < -0.3 is 9.84 Å². The second-order valence-corrected chi connectivity index (χ2v) is 7.90. The Bertz CT molecular complexity index is 541. The van der Waals surface area contributed by atoms with Crippen molar-refractivity contribution in [1.82, 2.24) is 8.61 Å². The van der Waals surface area contributed by atoms with E-state index in [4.69, 9.17) is 9.84 Å². The second-order valence-electron chi connectivity index (χ2n) is 5.97. The molecule has 0 aromatic rings. The molecule has 1 N–H and O–H groups in total. The van der Waals surface area contributed by atoms with Crippen molar-refractivity contribution in [3.8, 4) is 0 Å². The van der Waals surface area contributed by atoms with Gasteiger partial charge in [0.05, 0.1) is 18.4 Å². The summed E-state index contributed by atoms with van der Waals surface area (Å²) in [5.74, 6) is -2.12. The van der Waals surface area contributed by atoms with Gasteiger partial charge in [-0.05, 0) is 32.6 Å². The molecule has 132 valence electrons. The standard InChI is InChI=1S/C14H24N2O6S/c1-2-22-14(19)11-5-8-15(9-6-11)23(20,21)16-7-3-4-12(10-16)13(17)18/h11-12H,2-10H2,1H3,(H,17,18). The Kier molecular flexibility index (Phi) is 5.99. The van der Waals surface area contributed by atoms with Gasteiger partial charge in [0.1, 0.15) is 0 Å². The molecule has 23 heavy (non-hydrogen) atoms. The van der Waals surface area contributed by atoms with E-state index in [0.29, 0.717) is 38.8 Å². The van der Waals surface area contributed by atoms with E-state index in [1.54, 1.807) is 6.92 Å². The molecule has 0 spiro atoms. The molecule has 0 bridgehead atoms. The SMILES string of the molecule is CCOC(=O)C1CCN(S(=O)(=O)N2CCCC(C(=O)O)C2)CC1. The van der Waals surface area contributed by atoms with Gasteiger partial charge in [-0.3, -0.25) is 9.59 Å². The van der Waals surface area contributed by atoms with Crippen LogP contribution in [0.5, 0.6) is 0 Å². The number of carboxylic acid groups (broad SMARTS) is 1. The first kappa shape index (κ1) is 18.2. The molecule has 8 nitrogen and oxygen atoms in total. The van der Waals surface area contributed by atoms with Crippen molar-refractivity contribution >= 4 is 22.1 Å². The zero-order valence-corrected chi connectivity index (χ0v) is 14.1. The highest BCUT2D eigenvalue weighted by molar-refractivity contribution is 7.86. The highest BCUT2D eigenvalue weighted by Gasteiger charge is 2.38. The number of nitrogens with zero attached hydrogens (tertiary/aromatic N) is 2. The van der Waals surface area contributed by atoms with Crippen LogP contribution < -0.4 is 0 Å². The highest BCUT2D eigenvalue weighted by Crippen LogP contribution is 2.26. The maximum Gasteiger partial charge on any atom is 0.309 e. The Morgan fingerprint density at radius 1 is 1.09 bits per heavy atom. The Hall–Kier alpha value is -1.19. The lowest BCUT2D eigenvalue weighted by Gasteiger charge is -2.36. The first-order valence-electron chi connectivity index (χ1n) is 8.01. The minimum atomic E-state index is -3.66. The molecule has 2 heterocycles. The Labute approximate surface area is 136 Å². The van der Waals surface area contributed by atoms with Gasteiger partial charge in [-0.1, -0.05) is 0 Å². The molecule has 0 aromatic carbocycles. The summed E-state index contributed by atoms with van der Waals surface area (Å²) >= 11 is 0. The summed E-state index contributed by atoms with van der Waals surface area (Å²) in [6.45, 7) is 2.97. The van der Waals surface area contributed by atoms with Crippen LogP contribution in [0.25, 0.3) is 0 Å². The molecule has 2 rings (SSSR count). The zero-order chi connectivity index (χ0) is 17.0. The number of ether oxygens (including phenoxy) is 1. The lowest BCUT2D eigenvalue weighted by Crippen LogP contribution is -2.51. The molecule has 2 aliphatic rings. The number of carbonyl (C=O) groups excluding carboxylic acids is 1. The second kappa shape index (κ2) is 7.59. The Morgan fingerprint density at radius 3 is 2.30 bits per heavy atom. The molecule has 2 saturated heterocycles. The molecule has 0 radical (unpaired) electrons. The van der Waals surface area contributed by atoms with Gasteiger partial charge in [-0.25, -0.2) is 0 Å². The molecule has 0 amide bonds. The summed E-state index contributed by atoms with van der Waals surface area (Å²) in [4.78, 5) is 22.8. The predicted molar refractivity (Wildman–Crippen MR) is 81.8 cm³/mol. The molecular formula is C14H24N2O6S. The van der Waals surface area contributed by atoms with E-state index >= 15 is 0 Å². The van der Waals surface area contributed by atoms with Crippen LogP contribution in [0.3, 0.4) is 0 Å². The van der Waals surface area contributed by atoms with Gasteiger partial charge in [0.25, 0.3) is 10.2 Å². The lowest BCUT2D eigenvalue weighted by atomic mass is 9.98. The average molecular weight is 348 g/mol. The van der Waals surface area contributed by atoms with Gasteiger partial charge in [0.15, 0.2) is 0 Å². The third-order valence-electron chi connectivity index (χ3n) is 4.46. The van der Waals surface area contributed by atoms with Crippen LogP contribution >= 0.6 is 0 Å². The molecule has 9 heteroatoms. The van der Waals surface area contributed by atoms with E-state index in [1.165, 1.54) is 8.61 Å². The maximum atomic E-state index is 12.7. The van der Waals surface area contributed by atoms with E-state index in [0.717, 1.165) is 0 Å². The maximum absolute atomic E-state index is 12.7. The lowest BCUT2D eigenvalue weighted by molar-refractivity contribution is -0.149. The molecule has 0 saturated carbocycles. The largest absolute Gasteiger partial charge is 0.481 e. The quantitative estimate of drug-likeness (QED) is 0.717. The normalized spacial score (nSPS) is 25.2. The van der Waals surface area contributed by atoms with Crippen LogP contribution in [0, 0.1) is 11.8 Å². The molecule has 0 aliphatic carbocycles. The fourth-order valence-corrected chi connectivity index (χ4v) is 4.83. The van der Waals surface area contributed by atoms with Gasteiger partial charge >= 0.3 is 11.9 Å². The number of esters is 1. The van der Waals surface area contributed by atoms with Crippen molar-refractivity contribution in [1.29, 1.82) is 0 Å². The molecule has 2 aliphatic heterocycles. The summed E-state index contributed by atoms with van der Waals surface area (Å²) in [5, 5.41) is 9.09. The molecule has 1 unspecified atom stereocenters. The third-order valence-corrected chi connectivity index (χ3v) is 6.46. The molecule has 1 atom stereocenters. The van der Waals surface area contributed by atoms with E-state index < -0.39 is 22.1 Å². The van der Waals surface area contributed by atoms with Gasteiger partial charge in [-0.15, -0.1) is 0 Å². The van der Waals surface area contributed by atoms with Crippen LogP contribution in [-0.4, -0.2) is 66.9 Å². The van der Waals surface area contributed by atoms with Crippen molar-refractivity contribution in [2.45, 2.75) is 32.6 Å². The topological polar surface area (TPSA) is 104 Å². The smallest absolute Gasteiger partial charge is 0.309 e. The summed E-state index contributed by atoms with van der Waals surface area (Å²) in [6, 6.07) is 0. The van der Waals surface area contributed by atoms with Crippen LogP contribution in [0.1, 0.15) is 32.6 Å². The number of rotatable bonds is 5. The highest BCUT2D eigenvalue weighted by atomic mass is 32.2. The zero-order valence-electron chi connectivity index (χ0n) is 13.3. The average Bonchev–Trinajstić information content (AvgIpc) is 2.55. The summed E-state index contributed by atoms with van der Waals surface area (Å²) in [6.07, 6.45) is 1.93. The van der Waals surface area contributed by atoms with Crippen LogP contribution in [0.2, 0.25) is 0 Å². The van der Waals surface area contributed by atoms with Crippen LogP contribution in [0.4, 0.5) is 0 Å². The van der Waals surface area contributed by atoms with Crippen LogP contribution in [0.15, 0.2) is 0 Å². The third kappa shape index (κ3) is 4.21. The van der Waals surface area contributed by atoms with Crippen molar-refractivity contribution in [2.24, 2.45) is 11.8 Å². The van der Waals surface area contributed by atoms with E-state index in [1.807, 2.05) is 0 Å². The number of hydrogen-bond donors (Lipinski definition) is 1. The first-order chi connectivity index (χ1) is 10.9. The van der Waals surface area contributed by atoms with Crippen LogP contribution in [-0.2, 0) is 24.5 Å². The molecule has 0 aromatic heterocycles. The Balaban J connectivity index is 1.96. The molecule has 2 fully saturated rings. The van der Waals surface area contributed by atoms with Crippen molar-refractivity contribution in [3.05, 3.63) is 0 Å². The summed E-state index contributed by atoms with van der Waals surface area (Å²) < 4.78 is 32.9. The number of piperidine rings is 2. The van der Waals surface area contributed by atoms with E-state index in [2.05, 4.69) is 0 Å². The van der Waals surface area contributed by atoms with Crippen molar-refractivity contribution in [3.63, 3.8) is 0 Å². The number of aliphatic carboxylic acids is 1. The molecular weight excluding hydrogens is 324 g/mol.